The van der Waals surface area contributed by atoms with Gasteiger partial charge in [-0.2, -0.15) is 0 Å². The number of carboxylic acid groups (broad SMARTS) is 1. The van der Waals surface area contributed by atoms with E-state index < -0.39 is 5.97 Å². The molecular weight excluding hydrogens is 280 g/mol. The Morgan fingerprint density at radius 3 is 1.95 bits per heavy atom. The summed E-state index contributed by atoms with van der Waals surface area (Å²) in [5.41, 5.74) is 2.13. The Labute approximate surface area is 123 Å². The van der Waals surface area contributed by atoms with Crippen molar-refractivity contribution in [3.05, 3.63) is 48.0 Å². The summed E-state index contributed by atoms with van der Waals surface area (Å²) in [6, 6.07) is 12.3. The van der Waals surface area contributed by atoms with Gasteiger partial charge < -0.3 is 14.6 Å². The van der Waals surface area contributed by atoms with Gasteiger partial charge in [0.25, 0.3) is 0 Å². The number of halogens is 1. The van der Waals surface area contributed by atoms with E-state index in [0.29, 0.717) is 11.5 Å². The monoisotopic (exact) mass is 294 g/mol. The fourth-order valence-corrected chi connectivity index (χ4v) is 1.82. The molecule has 0 aromatic heterocycles. The van der Waals surface area contributed by atoms with Crippen molar-refractivity contribution < 1.29 is 19.4 Å². The van der Waals surface area contributed by atoms with Crippen molar-refractivity contribution in [1.82, 2.24) is 0 Å². The number of methoxy groups -OCH3 is 2. The van der Waals surface area contributed by atoms with Crippen LogP contribution in [-0.2, 0) is 0 Å². The van der Waals surface area contributed by atoms with Crippen molar-refractivity contribution in [2.24, 2.45) is 0 Å². The fourth-order valence-electron chi connectivity index (χ4n) is 1.82. The van der Waals surface area contributed by atoms with Crippen LogP contribution in [0.1, 0.15) is 10.4 Å². The second-order valence-corrected chi connectivity index (χ2v) is 3.95. The largest absolute Gasteiger partial charge is 0.493 e. The summed E-state index contributed by atoms with van der Waals surface area (Å²) in [5.74, 6) is 0.370. The van der Waals surface area contributed by atoms with Crippen molar-refractivity contribution in [2.75, 3.05) is 14.2 Å². The highest BCUT2D eigenvalue weighted by atomic mass is 35.5. The minimum atomic E-state index is -0.932. The molecule has 4 nitrogen and oxygen atoms in total. The van der Waals surface area contributed by atoms with Crippen LogP contribution in [0.3, 0.4) is 0 Å². The van der Waals surface area contributed by atoms with Gasteiger partial charge in [-0.25, -0.2) is 4.79 Å². The second kappa shape index (κ2) is 6.82. The molecule has 0 spiro atoms. The van der Waals surface area contributed by atoms with Crippen LogP contribution in [0.4, 0.5) is 0 Å². The third kappa shape index (κ3) is 3.22. The molecule has 0 saturated carbocycles. The molecule has 0 heterocycles. The smallest absolute Gasteiger partial charge is 0.335 e. The topological polar surface area (TPSA) is 55.8 Å². The number of hydrogen-bond donors (Lipinski definition) is 1. The van der Waals surface area contributed by atoms with Gasteiger partial charge in [-0.15, -0.1) is 12.4 Å². The highest BCUT2D eigenvalue weighted by Gasteiger charge is 2.07. The Bertz CT molecular complexity index is 593. The molecule has 106 valence electrons. The molecule has 2 aromatic carbocycles. The molecule has 0 atom stereocenters. The third-order valence-electron chi connectivity index (χ3n) is 2.85. The number of rotatable bonds is 4. The summed E-state index contributed by atoms with van der Waals surface area (Å²) in [4.78, 5) is 10.8. The summed E-state index contributed by atoms with van der Waals surface area (Å²) in [6.07, 6.45) is 0. The molecule has 0 radical (unpaired) electrons. The zero-order valence-electron chi connectivity index (χ0n) is 11.1. The summed E-state index contributed by atoms with van der Waals surface area (Å²) < 4.78 is 10.4. The molecule has 0 amide bonds. The van der Waals surface area contributed by atoms with Crippen molar-refractivity contribution in [3.8, 4) is 22.6 Å². The SMILES string of the molecule is COc1ccc(-c2ccc(C(=O)O)cc2)cc1OC.Cl. The van der Waals surface area contributed by atoms with Crippen LogP contribution in [0.25, 0.3) is 11.1 Å². The van der Waals surface area contributed by atoms with E-state index in [2.05, 4.69) is 0 Å². The third-order valence-corrected chi connectivity index (χ3v) is 2.85. The molecule has 1 N–H and O–H groups in total. The Balaban J connectivity index is 0.00000200. The maximum atomic E-state index is 10.8. The molecule has 2 aromatic rings. The molecular formula is C15H15ClO4. The summed E-state index contributed by atoms with van der Waals surface area (Å²) >= 11 is 0. The normalized spacial score (nSPS) is 9.50. The van der Waals surface area contributed by atoms with Crippen molar-refractivity contribution >= 4 is 18.4 Å². The standard InChI is InChI=1S/C15H14O4.ClH/c1-18-13-8-7-12(9-14(13)19-2)10-3-5-11(6-4-10)15(16)17;/h3-9H,1-2H3,(H,16,17);1H. The highest BCUT2D eigenvalue weighted by molar-refractivity contribution is 5.88. The van der Waals surface area contributed by atoms with E-state index in [4.69, 9.17) is 14.6 Å². The van der Waals surface area contributed by atoms with Crippen LogP contribution in [0.15, 0.2) is 42.5 Å². The predicted molar refractivity (Wildman–Crippen MR) is 79.2 cm³/mol. The van der Waals surface area contributed by atoms with Gasteiger partial charge in [-0.3, -0.25) is 0 Å². The zero-order valence-corrected chi connectivity index (χ0v) is 11.9. The first-order valence-corrected chi connectivity index (χ1v) is 5.71. The second-order valence-electron chi connectivity index (χ2n) is 3.95. The Kier molecular flexibility index (Phi) is 5.41. The fraction of sp³-hybridized carbons (Fsp3) is 0.133. The summed E-state index contributed by atoms with van der Waals surface area (Å²) in [5, 5.41) is 8.86. The van der Waals surface area contributed by atoms with Gasteiger partial charge in [0.15, 0.2) is 11.5 Å². The first kappa shape index (κ1) is 15.9. The van der Waals surface area contributed by atoms with E-state index in [9.17, 15) is 4.79 Å². The van der Waals surface area contributed by atoms with Gasteiger partial charge in [0.2, 0.25) is 0 Å². The van der Waals surface area contributed by atoms with E-state index in [1.807, 2.05) is 18.2 Å². The molecule has 0 fully saturated rings. The maximum Gasteiger partial charge on any atom is 0.335 e. The average molecular weight is 295 g/mol. The van der Waals surface area contributed by atoms with Gasteiger partial charge in [-0.05, 0) is 35.4 Å². The average Bonchev–Trinajstić information content (AvgIpc) is 2.46. The van der Waals surface area contributed by atoms with Gasteiger partial charge >= 0.3 is 5.97 Å². The van der Waals surface area contributed by atoms with Crippen LogP contribution in [0, 0.1) is 0 Å². The van der Waals surface area contributed by atoms with E-state index in [1.165, 1.54) is 0 Å². The minimum absolute atomic E-state index is 0. The van der Waals surface area contributed by atoms with Gasteiger partial charge in [-0.1, -0.05) is 18.2 Å². The lowest BCUT2D eigenvalue weighted by atomic mass is 10.0. The highest BCUT2D eigenvalue weighted by Crippen LogP contribution is 2.32. The zero-order chi connectivity index (χ0) is 13.8. The lowest BCUT2D eigenvalue weighted by molar-refractivity contribution is 0.0697. The Morgan fingerprint density at radius 2 is 1.45 bits per heavy atom. The summed E-state index contributed by atoms with van der Waals surface area (Å²) in [6.45, 7) is 0. The molecule has 0 saturated heterocycles. The first-order valence-electron chi connectivity index (χ1n) is 5.71. The van der Waals surface area contributed by atoms with Crippen molar-refractivity contribution in [2.45, 2.75) is 0 Å². The van der Waals surface area contributed by atoms with Crippen LogP contribution in [-0.4, -0.2) is 25.3 Å². The van der Waals surface area contributed by atoms with Crippen molar-refractivity contribution in [1.29, 1.82) is 0 Å². The molecule has 0 unspecified atom stereocenters. The molecule has 2 rings (SSSR count). The van der Waals surface area contributed by atoms with Crippen LogP contribution >= 0.6 is 12.4 Å². The Morgan fingerprint density at radius 1 is 0.900 bits per heavy atom. The quantitative estimate of drug-likeness (QED) is 0.938. The number of aromatic carboxylic acids is 1. The van der Waals surface area contributed by atoms with Gasteiger partial charge in [0.1, 0.15) is 0 Å². The number of hydrogen-bond acceptors (Lipinski definition) is 3. The molecule has 20 heavy (non-hydrogen) atoms. The lowest BCUT2D eigenvalue weighted by Gasteiger charge is -2.09. The van der Waals surface area contributed by atoms with E-state index in [1.54, 1.807) is 38.5 Å². The number of carbonyl (C=O) groups is 1. The number of carboxylic acids is 1. The lowest BCUT2D eigenvalue weighted by Crippen LogP contribution is -1.95. The van der Waals surface area contributed by atoms with E-state index >= 15 is 0 Å². The van der Waals surface area contributed by atoms with Gasteiger partial charge in [0, 0.05) is 0 Å². The molecule has 0 aliphatic rings. The maximum absolute atomic E-state index is 10.8. The van der Waals surface area contributed by atoms with Crippen LogP contribution in [0.5, 0.6) is 11.5 Å². The minimum Gasteiger partial charge on any atom is -0.493 e. The first-order chi connectivity index (χ1) is 9.15. The Hall–Kier alpha value is -2.20. The number of benzene rings is 2. The number of ether oxygens (including phenoxy) is 2. The molecule has 0 bridgehead atoms. The van der Waals surface area contributed by atoms with Crippen molar-refractivity contribution in [3.63, 3.8) is 0 Å². The molecule has 5 heteroatoms. The molecule has 0 aliphatic heterocycles. The van der Waals surface area contributed by atoms with Gasteiger partial charge in [0.05, 0.1) is 19.8 Å². The van der Waals surface area contributed by atoms with E-state index in [0.717, 1.165) is 11.1 Å². The van der Waals surface area contributed by atoms with E-state index in [-0.39, 0.29) is 18.0 Å². The van der Waals surface area contributed by atoms with Crippen LogP contribution in [0.2, 0.25) is 0 Å². The van der Waals surface area contributed by atoms with Crippen LogP contribution < -0.4 is 9.47 Å². The summed E-state index contributed by atoms with van der Waals surface area (Å²) in [7, 11) is 3.16. The molecule has 0 aliphatic carbocycles. The predicted octanol–water partition coefficient (Wildman–Crippen LogP) is 3.49.